The summed E-state index contributed by atoms with van der Waals surface area (Å²) in [6, 6.07) is 4.64. The molecule has 4 heteroatoms. The Morgan fingerprint density at radius 1 is 1.65 bits per heavy atom. The van der Waals surface area contributed by atoms with E-state index in [-0.39, 0.29) is 11.8 Å². The first kappa shape index (κ1) is 12.6. The molecule has 2 atom stereocenters. The number of hydrogen-bond acceptors (Lipinski definition) is 3. The molecule has 1 aliphatic heterocycles. The highest BCUT2D eigenvalue weighted by Crippen LogP contribution is 2.16. The minimum absolute atomic E-state index is 0.203. The van der Waals surface area contributed by atoms with E-state index in [0.29, 0.717) is 6.04 Å². The summed E-state index contributed by atoms with van der Waals surface area (Å²) in [5, 5.41) is 8.49. The molecule has 0 radical (unpaired) electrons. The standard InChI is InChI=1S/C13H20N2OS/c1-10-9-11(4-6-14-10)13(16)15-7-5-12-3-2-8-17-12/h2-3,8,10-11,14H,4-7,9H2,1H3,(H,15,16). The van der Waals surface area contributed by atoms with Crippen molar-refractivity contribution in [2.75, 3.05) is 13.1 Å². The summed E-state index contributed by atoms with van der Waals surface area (Å²) >= 11 is 1.75. The molecule has 1 aromatic heterocycles. The molecule has 1 fully saturated rings. The van der Waals surface area contributed by atoms with Crippen molar-refractivity contribution in [3.05, 3.63) is 22.4 Å². The second-order valence-corrected chi connectivity index (χ2v) is 5.73. The van der Waals surface area contributed by atoms with Crippen molar-refractivity contribution >= 4 is 17.2 Å². The first-order valence-corrected chi connectivity index (χ1v) is 7.17. The number of carbonyl (C=O) groups is 1. The number of nitrogens with one attached hydrogen (secondary N) is 2. The van der Waals surface area contributed by atoms with Crippen LogP contribution in [-0.2, 0) is 11.2 Å². The summed E-state index contributed by atoms with van der Waals surface area (Å²) in [5.41, 5.74) is 0. The van der Waals surface area contributed by atoms with E-state index in [2.05, 4.69) is 35.1 Å². The second-order valence-electron chi connectivity index (χ2n) is 4.70. The molecule has 2 N–H and O–H groups in total. The van der Waals surface area contributed by atoms with Crippen LogP contribution in [0.4, 0.5) is 0 Å². The monoisotopic (exact) mass is 252 g/mol. The Kier molecular flexibility index (Phi) is 4.57. The topological polar surface area (TPSA) is 41.1 Å². The van der Waals surface area contributed by atoms with Gasteiger partial charge < -0.3 is 10.6 Å². The molecule has 0 aliphatic carbocycles. The van der Waals surface area contributed by atoms with Gasteiger partial charge in [-0.2, -0.15) is 0 Å². The maximum absolute atomic E-state index is 11.9. The van der Waals surface area contributed by atoms with Crippen LogP contribution in [0.1, 0.15) is 24.6 Å². The Morgan fingerprint density at radius 2 is 2.53 bits per heavy atom. The lowest BCUT2D eigenvalue weighted by Gasteiger charge is -2.27. The number of piperidine rings is 1. The van der Waals surface area contributed by atoms with E-state index in [1.165, 1.54) is 4.88 Å². The Hall–Kier alpha value is -0.870. The van der Waals surface area contributed by atoms with Crippen molar-refractivity contribution in [1.29, 1.82) is 0 Å². The van der Waals surface area contributed by atoms with Crippen LogP contribution >= 0.6 is 11.3 Å². The highest BCUT2D eigenvalue weighted by atomic mass is 32.1. The van der Waals surface area contributed by atoms with Crippen LogP contribution < -0.4 is 10.6 Å². The van der Waals surface area contributed by atoms with Gasteiger partial charge in [0.05, 0.1) is 0 Å². The summed E-state index contributed by atoms with van der Waals surface area (Å²) in [4.78, 5) is 13.3. The quantitative estimate of drug-likeness (QED) is 0.858. The van der Waals surface area contributed by atoms with Crippen molar-refractivity contribution in [3.8, 4) is 0 Å². The van der Waals surface area contributed by atoms with Gasteiger partial charge >= 0.3 is 0 Å². The third kappa shape index (κ3) is 3.82. The Bertz CT molecular complexity index is 350. The van der Waals surface area contributed by atoms with E-state index >= 15 is 0 Å². The van der Waals surface area contributed by atoms with E-state index in [4.69, 9.17) is 0 Å². The molecule has 3 nitrogen and oxygen atoms in total. The Morgan fingerprint density at radius 3 is 3.24 bits per heavy atom. The van der Waals surface area contributed by atoms with Crippen LogP contribution in [0.2, 0.25) is 0 Å². The van der Waals surface area contributed by atoms with Crippen molar-refractivity contribution in [2.45, 2.75) is 32.2 Å². The van der Waals surface area contributed by atoms with Gasteiger partial charge in [0.25, 0.3) is 0 Å². The molecule has 1 amide bonds. The molecule has 94 valence electrons. The zero-order valence-corrected chi connectivity index (χ0v) is 11.1. The summed E-state index contributed by atoms with van der Waals surface area (Å²) in [6.07, 6.45) is 2.88. The zero-order chi connectivity index (χ0) is 12.1. The summed E-state index contributed by atoms with van der Waals surface area (Å²) in [6.45, 7) is 3.87. The molecule has 2 rings (SSSR count). The van der Waals surface area contributed by atoms with Crippen LogP contribution in [-0.4, -0.2) is 25.0 Å². The summed E-state index contributed by atoms with van der Waals surface area (Å²) in [5.74, 6) is 0.435. The lowest BCUT2D eigenvalue weighted by Crippen LogP contribution is -2.42. The molecule has 17 heavy (non-hydrogen) atoms. The first-order chi connectivity index (χ1) is 8.25. The highest BCUT2D eigenvalue weighted by Gasteiger charge is 2.24. The number of carbonyl (C=O) groups excluding carboxylic acids is 1. The average Bonchev–Trinajstić information content (AvgIpc) is 2.82. The normalized spacial score (nSPS) is 24.5. The molecular formula is C13H20N2OS. The molecule has 0 spiro atoms. The fourth-order valence-corrected chi connectivity index (χ4v) is 2.99. The van der Waals surface area contributed by atoms with Crippen molar-refractivity contribution in [3.63, 3.8) is 0 Å². The van der Waals surface area contributed by atoms with E-state index in [9.17, 15) is 4.79 Å². The number of amides is 1. The predicted molar refractivity (Wildman–Crippen MR) is 71.2 cm³/mol. The van der Waals surface area contributed by atoms with Gasteiger partial charge in [-0.25, -0.2) is 0 Å². The second kappa shape index (κ2) is 6.17. The summed E-state index contributed by atoms with van der Waals surface area (Å²) < 4.78 is 0. The number of thiophene rings is 1. The van der Waals surface area contributed by atoms with Crippen LogP contribution in [0.25, 0.3) is 0 Å². The van der Waals surface area contributed by atoms with Crippen LogP contribution in [0.15, 0.2) is 17.5 Å². The van der Waals surface area contributed by atoms with Crippen LogP contribution in [0.3, 0.4) is 0 Å². The van der Waals surface area contributed by atoms with E-state index in [0.717, 1.165) is 32.4 Å². The predicted octanol–water partition coefficient (Wildman–Crippen LogP) is 1.79. The third-order valence-electron chi connectivity index (χ3n) is 3.25. The molecule has 0 saturated carbocycles. The molecule has 1 aliphatic rings. The molecule has 2 heterocycles. The van der Waals surface area contributed by atoms with Gasteiger partial charge in [-0.1, -0.05) is 6.07 Å². The van der Waals surface area contributed by atoms with Crippen LogP contribution in [0.5, 0.6) is 0 Å². The van der Waals surface area contributed by atoms with Gasteiger partial charge in [0, 0.05) is 23.4 Å². The Balaban J connectivity index is 1.70. The van der Waals surface area contributed by atoms with Crippen molar-refractivity contribution in [2.24, 2.45) is 5.92 Å². The largest absolute Gasteiger partial charge is 0.355 e. The number of rotatable bonds is 4. The van der Waals surface area contributed by atoms with E-state index < -0.39 is 0 Å². The first-order valence-electron chi connectivity index (χ1n) is 6.29. The average molecular weight is 252 g/mol. The number of hydrogen-bond donors (Lipinski definition) is 2. The van der Waals surface area contributed by atoms with Crippen molar-refractivity contribution in [1.82, 2.24) is 10.6 Å². The molecule has 2 unspecified atom stereocenters. The minimum Gasteiger partial charge on any atom is -0.355 e. The van der Waals surface area contributed by atoms with Gasteiger partial charge in [0.2, 0.25) is 5.91 Å². The van der Waals surface area contributed by atoms with E-state index in [1.807, 2.05) is 0 Å². The van der Waals surface area contributed by atoms with Gasteiger partial charge in [-0.3, -0.25) is 4.79 Å². The highest BCUT2D eigenvalue weighted by molar-refractivity contribution is 7.09. The fraction of sp³-hybridized carbons (Fsp3) is 0.615. The van der Waals surface area contributed by atoms with Crippen molar-refractivity contribution < 1.29 is 4.79 Å². The Labute approximate surface area is 107 Å². The van der Waals surface area contributed by atoms with Gasteiger partial charge in [-0.05, 0) is 44.2 Å². The molecule has 0 aromatic carbocycles. The maximum atomic E-state index is 11.9. The molecule has 0 bridgehead atoms. The van der Waals surface area contributed by atoms with Gasteiger partial charge in [-0.15, -0.1) is 11.3 Å². The fourth-order valence-electron chi connectivity index (χ4n) is 2.28. The van der Waals surface area contributed by atoms with E-state index in [1.54, 1.807) is 11.3 Å². The van der Waals surface area contributed by atoms with Crippen LogP contribution in [0, 0.1) is 5.92 Å². The smallest absolute Gasteiger partial charge is 0.223 e. The third-order valence-corrected chi connectivity index (χ3v) is 4.18. The zero-order valence-electron chi connectivity index (χ0n) is 10.2. The minimum atomic E-state index is 0.203. The SMILES string of the molecule is CC1CC(C(=O)NCCc2cccs2)CCN1. The van der Waals surface area contributed by atoms with Gasteiger partial charge in [0.15, 0.2) is 0 Å². The lowest BCUT2D eigenvalue weighted by molar-refractivity contribution is -0.126. The molecular weight excluding hydrogens is 232 g/mol. The summed E-state index contributed by atoms with van der Waals surface area (Å²) in [7, 11) is 0. The molecule has 1 saturated heterocycles. The lowest BCUT2D eigenvalue weighted by atomic mass is 9.92. The molecule has 1 aromatic rings. The van der Waals surface area contributed by atoms with Gasteiger partial charge in [0.1, 0.15) is 0 Å². The maximum Gasteiger partial charge on any atom is 0.223 e.